The molecule has 0 atom stereocenters. The topological polar surface area (TPSA) is 42.4 Å². The molecule has 2 rings (SSSR count). The Kier molecular flexibility index (Phi) is 4.08. The number of aryl methyl sites for hydroxylation is 2. The first-order valence-corrected chi connectivity index (χ1v) is 6.40. The number of benzene rings is 1. The summed E-state index contributed by atoms with van der Waals surface area (Å²) in [7, 11) is 0. The molecule has 0 saturated carbocycles. The van der Waals surface area contributed by atoms with Crippen molar-refractivity contribution in [1.82, 2.24) is 4.98 Å². The summed E-state index contributed by atoms with van der Waals surface area (Å²) in [4.78, 5) is 4.12. The summed E-state index contributed by atoms with van der Waals surface area (Å²) in [6.45, 7) is 5.94. The number of aromatic nitrogens is 1. The van der Waals surface area contributed by atoms with Gasteiger partial charge < -0.3 is 9.84 Å². The van der Waals surface area contributed by atoms with E-state index in [0.29, 0.717) is 16.5 Å². The van der Waals surface area contributed by atoms with Gasteiger partial charge in [0.25, 0.3) is 0 Å². The molecule has 1 heterocycles. The van der Waals surface area contributed by atoms with Crippen molar-refractivity contribution < 1.29 is 9.84 Å². The first kappa shape index (κ1) is 13.8. The second-order valence-electron chi connectivity index (χ2n) is 4.58. The molecule has 1 aromatic carbocycles. The molecule has 2 aromatic rings. The molecule has 0 aliphatic carbocycles. The van der Waals surface area contributed by atoms with Crippen LogP contribution in [0.25, 0.3) is 0 Å². The fraction of sp³-hybridized carbons (Fsp3) is 0.267. The number of nitrogens with zero attached hydrogens (tertiary/aromatic N) is 1. The average Bonchev–Trinajstić information content (AvgIpc) is 2.37. The van der Waals surface area contributed by atoms with Crippen LogP contribution in [0, 0.1) is 20.8 Å². The summed E-state index contributed by atoms with van der Waals surface area (Å²) >= 11 is 5.90. The quantitative estimate of drug-likeness (QED) is 0.924. The lowest BCUT2D eigenvalue weighted by atomic mass is 10.1. The van der Waals surface area contributed by atoms with E-state index < -0.39 is 0 Å². The molecule has 0 fully saturated rings. The number of hydrogen-bond donors (Lipinski definition) is 1. The fourth-order valence-corrected chi connectivity index (χ4v) is 2.02. The monoisotopic (exact) mass is 277 g/mol. The van der Waals surface area contributed by atoms with Gasteiger partial charge in [-0.1, -0.05) is 17.7 Å². The minimum absolute atomic E-state index is 0.135. The maximum Gasteiger partial charge on any atom is 0.219 e. The van der Waals surface area contributed by atoms with Gasteiger partial charge in [0, 0.05) is 17.8 Å². The fourth-order valence-electron chi connectivity index (χ4n) is 1.85. The van der Waals surface area contributed by atoms with E-state index in [-0.39, 0.29) is 6.61 Å². The van der Waals surface area contributed by atoms with Gasteiger partial charge in [0.2, 0.25) is 5.88 Å². The molecule has 1 N–H and O–H groups in total. The maximum absolute atomic E-state index is 9.18. The van der Waals surface area contributed by atoms with Crippen LogP contribution in [-0.2, 0) is 6.61 Å². The molecule has 0 aliphatic heterocycles. The summed E-state index contributed by atoms with van der Waals surface area (Å²) in [5.74, 6) is 1.21. The smallest absolute Gasteiger partial charge is 0.219 e. The minimum atomic E-state index is -0.135. The second-order valence-corrected chi connectivity index (χ2v) is 4.99. The number of aliphatic hydroxyl groups excluding tert-OH is 1. The Morgan fingerprint density at radius 2 is 1.95 bits per heavy atom. The number of aliphatic hydroxyl groups is 1. The standard InChI is InChI=1S/C15H16ClNO2/c1-9-4-10(2)11(3)14(5-9)19-15-6-12(8-18)13(16)7-17-15/h4-7,18H,8H2,1-3H3. The average molecular weight is 278 g/mol. The number of halogens is 1. The van der Waals surface area contributed by atoms with Gasteiger partial charge in [-0.25, -0.2) is 4.98 Å². The Morgan fingerprint density at radius 1 is 1.21 bits per heavy atom. The van der Waals surface area contributed by atoms with Crippen LogP contribution in [0.5, 0.6) is 11.6 Å². The molecule has 100 valence electrons. The van der Waals surface area contributed by atoms with E-state index in [0.717, 1.165) is 16.9 Å². The van der Waals surface area contributed by atoms with Crippen molar-refractivity contribution in [1.29, 1.82) is 0 Å². The van der Waals surface area contributed by atoms with Crippen LogP contribution < -0.4 is 4.74 Å². The molecule has 0 radical (unpaired) electrons. The lowest BCUT2D eigenvalue weighted by Crippen LogP contribution is -1.95. The number of ether oxygens (including phenoxy) is 1. The molecule has 19 heavy (non-hydrogen) atoms. The Labute approximate surface area is 117 Å². The van der Waals surface area contributed by atoms with Crippen molar-refractivity contribution in [2.75, 3.05) is 0 Å². The third-order valence-corrected chi connectivity index (χ3v) is 3.40. The van der Waals surface area contributed by atoms with Gasteiger partial charge in [-0.15, -0.1) is 0 Å². The van der Waals surface area contributed by atoms with Gasteiger partial charge in [0.15, 0.2) is 0 Å². The van der Waals surface area contributed by atoms with Crippen molar-refractivity contribution in [3.63, 3.8) is 0 Å². The van der Waals surface area contributed by atoms with E-state index in [1.54, 1.807) is 6.07 Å². The molecule has 0 aliphatic rings. The van der Waals surface area contributed by atoms with E-state index in [1.165, 1.54) is 11.8 Å². The second kappa shape index (κ2) is 5.59. The van der Waals surface area contributed by atoms with Crippen molar-refractivity contribution >= 4 is 11.6 Å². The lowest BCUT2D eigenvalue weighted by Gasteiger charge is -2.12. The van der Waals surface area contributed by atoms with Gasteiger partial charge in [-0.2, -0.15) is 0 Å². The highest BCUT2D eigenvalue weighted by molar-refractivity contribution is 6.31. The van der Waals surface area contributed by atoms with E-state index in [4.69, 9.17) is 16.3 Å². The number of rotatable bonds is 3. The molecular formula is C15H16ClNO2. The number of hydrogen-bond acceptors (Lipinski definition) is 3. The summed E-state index contributed by atoms with van der Waals surface area (Å²) in [5, 5.41) is 9.62. The van der Waals surface area contributed by atoms with Crippen LogP contribution in [-0.4, -0.2) is 10.1 Å². The highest BCUT2D eigenvalue weighted by atomic mass is 35.5. The predicted octanol–water partition coefficient (Wildman–Crippen LogP) is 3.94. The van der Waals surface area contributed by atoms with Gasteiger partial charge >= 0.3 is 0 Å². The molecule has 0 amide bonds. The van der Waals surface area contributed by atoms with Crippen molar-refractivity contribution in [3.05, 3.63) is 51.7 Å². The van der Waals surface area contributed by atoms with Crippen LogP contribution in [0.2, 0.25) is 5.02 Å². The van der Waals surface area contributed by atoms with Crippen LogP contribution >= 0.6 is 11.6 Å². The Balaban J connectivity index is 2.36. The first-order valence-electron chi connectivity index (χ1n) is 6.02. The van der Waals surface area contributed by atoms with Gasteiger partial charge in [-0.05, 0) is 43.5 Å². The van der Waals surface area contributed by atoms with Crippen molar-refractivity contribution in [2.45, 2.75) is 27.4 Å². The molecule has 4 heteroatoms. The van der Waals surface area contributed by atoms with Crippen LogP contribution in [0.15, 0.2) is 24.4 Å². The molecule has 1 aromatic heterocycles. The van der Waals surface area contributed by atoms with E-state index in [2.05, 4.69) is 11.1 Å². The summed E-state index contributed by atoms with van der Waals surface area (Å²) in [6, 6.07) is 5.73. The Morgan fingerprint density at radius 3 is 2.63 bits per heavy atom. The third-order valence-electron chi connectivity index (χ3n) is 3.06. The van der Waals surface area contributed by atoms with E-state index >= 15 is 0 Å². The first-order chi connectivity index (χ1) is 9.01. The normalized spacial score (nSPS) is 10.6. The molecule has 0 saturated heterocycles. The van der Waals surface area contributed by atoms with Crippen molar-refractivity contribution in [3.8, 4) is 11.6 Å². The SMILES string of the molecule is Cc1cc(C)c(C)c(Oc2cc(CO)c(Cl)cn2)c1. The van der Waals surface area contributed by atoms with Gasteiger partial charge in [0.05, 0.1) is 11.6 Å². The Hall–Kier alpha value is -1.58. The zero-order valence-corrected chi connectivity index (χ0v) is 12.0. The number of pyridine rings is 1. The highest BCUT2D eigenvalue weighted by Crippen LogP contribution is 2.29. The summed E-state index contributed by atoms with van der Waals surface area (Å²) in [6.07, 6.45) is 1.49. The van der Waals surface area contributed by atoms with E-state index in [1.807, 2.05) is 26.8 Å². The third kappa shape index (κ3) is 3.06. The molecule has 0 spiro atoms. The lowest BCUT2D eigenvalue weighted by molar-refractivity contribution is 0.281. The summed E-state index contributed by atoms with van der Waals surface area (Å²) in [5.41, 5.74) is 3.99. The van der Waals surface area contributed by atoms with Crippen LogP contribution in [0.1, 0.15) is 22.3 Å². The zero-order valence-electron chi connectivity index (χ0n) is 11.2. The summed E-state index contributed by atoms with van der Waals surface area (Å²) < 4.78 is 5.79. The van der Waals surface area contributed by atoms with Crippen LogP contribution in [0.3, 0.4) is 0 Å². The van der Waals surface area contributed by atoms with Gasteiger partial charge in [-0.3, -0.25) is 0 Å². The highest BCUT2D eigenvalue weighted by Gasteiger charge is 2.08. The molecule has 0 unspecified atom stereocenters. The molecular weight excluding hydrogens is 262 g/mol. The Bertz CT molecular complexity index is 611. The predicted molar refractivity (Wildman–Crippen MR) is 75.9 cm³/mol. The van der Waals surface area contributed by atoms with Crippen LogP contribution in [0.4, 0.5) is 0 Å². The largest absolute Gasteiger partial charge is 0.439 e. The molecule has 3 nitrogen and oxygen atoms in total. The van der Waals surface area contributed by atoms with Crippen molar-refractivity contribution in [2.24, 2.45) is 0 Å². The van der Waals surface area contributed by atoms with Gasteiger partial charge in [0.1, 0.15) is 5.75 Å². The molecule has 0 bridgehead atoms. The maximum atomic E-state index is 9.18. The zero-order chi connectivity index (χ0) is 14.0. The van der Waals surface area contributed by atoms with E-state index in [9.17, 15) is 5.11 Å². The minimum Gasteiger partial charge on any atom is -0.439 e.